The molecular formula is C59H37NO. The number of anilines is 3. The number of para-hydroxylation sites is 2. The van der Waals surface area contributed by atoms with Crippen molar-refractivity contribution in [3.8, 4) is 44.5 Å². The lowest BCUT2D eigenvalue weighted by atomic mass is 9.70. The summed E-state index contributed by atoms with van der Waals surface area (Å²) in [5.74, 6) is 0. The number of fused-ring (bicyclic) bond motifs is 14. The molecule has 0 N–H and O–H groups in total. The van der Waals surface area contributed by atoms with Gasteiger partial charge in [0.05, 0.1) is 11.1 Å². The molecule has 0 bridgehead atoms. The van der Waals surface area contributed by atoms with Crippen LogP contribution in [0.25, 0.3) is 77.2 Å². The van der Waals surface area contributed by atoms with Crippen LogP contribution < -0.4 is 4.90 Å². The lowest BCUT2D eigenvalue weighted by Crippen LogP contribution is -2.26. The Bertz CT molecular complexity index is 3500. The minimum atomic E-state index is -0.530. The lowest BCUT2D eigenvalue weighted by molar-refractivity contribution is 0.669. The molecule has 2 heteroatoms. The van der Waals surface area contributed by atoms with E-state index in [9.17, 15) is 0 Å². The number of hydrogen-bond donors (Lipinski definition) is 0. The molecule has 1 spiro atoms. The molecule has 1 heterocycles. The maximum Gasteiger partial charge on any atom is 0.135 e. The number of furan rings is 1. The summed E-state index contributed by atoms with van der Waals surface area (Å²) >= 11 is 0. The van der Waals surface area contributed by atoms with Crippen molar-refractivity contribution >= 4 is 49.8 Å². The Morgan fingerprint density at radius 1 is 0.295 bits per heavy atom. The average Bonchev–Trinajstić information content (AvgIpc) is 3.96. The van der Waals surface area contributed by atoms with Gasteiger partial charge in [0.2, 0.25) is 0 Å². The van der Waals surface area contributed by atoms with Gasteiger partial charge >= 0.3 is 0 Å². The van der Waals surface area contributed by atoms with Gasteiger partial charge in [-0.2, -0.15) is 0 Å². The SMILES string of the molecule is c1ccc(-c2ccc(N(c3ccccc3)c3ccc4c(c3)C3(c5ccccc5-c5ccccc53)c3cc(-c5ccc6oc7ccccc7c6c5)ccc3-4)c3ccccc23)cc1. The highest BCUT2D eigenvalue weighted by molar-refractivity contribution is 6.08. The third-order valence-electron chi connectivity index (χ3n) is 13.3. The maximum atomic E-state index is 6.25. The van der Waals surface area contributed by atoms with E-state index in [0.29, 0.717) is 0 Å². The average molecular weight is 776 g/mol. The quantitative estimate of drug-likeness (QED) is 0.173. The first-order valence-electron chi connectivity index (χ1n) is 21.1. The summed E-state index contributed by atoms with van der Waals surface area (Å²) in [4.78, 5) is 2.46. The van der Waals surface area contributed by atoms with E-state index < -0.39 is 5.41 Å². The molecule has 284 valence electrons. The molecule has 0 amide bonds. The maximum absolute atomic E-state index is 6.25. The van der Waals surface area contributed by atoms with Gasteiger partial charge in [0, 0.05) is 27.5 Å². The van der Waals surface area contributed by atoms with Gasteiger partial charge in [-0.15, -0.1) is 0 Å². The summed E-state index contributed by atoms with van der Waals surface area (Å²) < 4.78 is 6.25. The molecule has 0 fully saturated rings. The largest absolute Gasteiger partial charge is 0.456 e. The van der Waals surface area contributed by atoms with Crippen molar-refractivity contribution in [2.75, 3.05) is 4.90 Å². The Kier molecular flexibility index (Phi) is 7.26. The predicted molar refractivity (Wildman–Crippen MR) is 253 cm³/mol. The van der Waals surface area contributed by atoms with Gasteiger partial charge in [-0.05, 0) is 127 Å². The van der Waals surface area contributed by atoms with Crippen molar-refractivity contribution in [2.45, 2.75) is 5.41 Å². The number of rotatable bonds is 5. The summed E-state index contributed by atoms with van der Waals surface area (Å²) in [5, 5.41) is 4.71. The molecule has 2 aliphatic carbocycles. The molecule has 0 saturated heterocycles. The summed E-state index contributed by atoms with van der Waals surface area (Å²) in [6, 6.07) is 82.5. The van der Waals surface area contributed by atoms with Crippen molar-refractivity contribution in [3.05, 3.63) is 247 Å². The van der Waals surface area contributed by atoms with Crippen LogP contribution in [-0.2, 0) is 5.41 Å². The highest BCUT2D eigenvalue weighted by atomic mass is 16.3. The standard InChI is InChI=1S/C59H37NO/c1-3-15-38(16-4-1)43-32-33-56(49-22-8-7-19-44(43)49)60(41-17-5-2-6-18-41)42-29-31-48-47-30-27-40(39-28-34-58-51(35-39)50-23-11-14-26-57(50)61-58)36-54(47)59(55(48)37-42)52-24-12-9-20-45(52)46-21-10-13-25-53(46)59/h1-37H. The van der Waals surface area contributed by atoms with Crippen LogP contribution in [0, 0.1) is 0 Å². The number of benzene rings is 10. The lowest BCUT2D eigenvalue weighted by Gasteiger charge is -2.32. The van der Waals surface area contributed by atoms with E-state index in [1.165, 1.54) is 77.5 Å². The van der Waals surface area contributed by atoms with Gasteiger partial charge in [-0.1, -0.05) is 170 Å². The molecule has 2 aliphatic rings. The zero-order valence-corrected chi connectivity index (χ0v) is 33.2. The van der Waals surface area contributed by atoms with Crippen LogP contribution in [0.15, 0.2) is 229 Å². The van der Waals surface area contributed by atoms with Gasteiger partial charge in [-0.25, -0.2) is 0 Å². The zero-order valence-electron chi connectivity index (χ0n) is 33.2. The first-order chi connectivity index (χ1) is 30.3. The molecule has 11 aromatic rings. The fourth-order valence-corrected chi connectivity index (χ4v) is 10.7. The Balaban J connectivity index is 1.06. The Morgan fingerprint density at radius 2 is 0.836 bits per heavy atom. The first-order valence-corrected chi connectivity index (χ1v) is 21.1. The van der Waals surface area contributed by atoms with Crippen LogP contribution in [0.2, 0.25) is 0 Å². The Labute approximate surface area is 354 Å². The van der Waals surface area contributed by atoms with E-state index in [4.69, 9.17) is 4.42 Å². The smallest absolute Gasteiger partial charge is 0.135 e. The second kappa shape index (κ2) is 13.0. The van der Waals surface area contributed by atoms with Gasteiger partial charge in [0.1, 0.15) is 11.2 Å². The summed E-state index contributed by atoms with van der Waals surface area (Å²) in [5.41, 5.74) is 19.9. The van der Waals surface area contributed by atoms with E-state index in [0.717, 1.165) is 39.0 Å². The van der Waals surface area contributed by atoms with E-state index in [2.05, 4.69) is 223 Å². The van der Waals surface area contributed by atoms with Gasteiger partial charge in [0.15, 0.2) is 0 Å². The Morgan fingerprint density at radius 3 is 1.61 bits per heavy atom. The Hall–Kier alpha value is -7.94. The van der Waals surface area contributed by atoms with Crippen LogP contribution >= 0.6 is 0 Å². The molecule has 2 nitrogen and oxygen atoms in total. The van der Waals surface area contributed by atoms with Crippen LogP contribution in [0.3, 0.4) is 0 Å². The minimum Gasteiger partial charge on any atom is -0.456 e. The molecule has 13 rings (SSSR count). The first kappa shape index (κ1) is 34.0. The molecular weight excluding hydrogens is 739 g/mol. The van der Waals surface area contributed by atoms with Gasteiger partial charge < -0.3 is 9.32 Å². The zero-order chi connectivity index (χ0) is 40.1. The molecule has 0 unspecified atom stereocenters. The fourth-order valence-electron chi connectivity index (χ4n) is 10.7. The summed E-state index contributed by atoms with van der Waals surface area (Å²) in [6.07, 6.45) is 0. The van der Waals surface area contributed by atoms with Gasteiger partial charge in [-0.3, -0.25) is 0 Å². The highest BCUT2D eigenvalue weighted by Gasteiger charge is 2.52. The second-order valence-corrected chi connectivity index (χ2v) is 16.4. The van der Waals surface area contributed by atoms with Crippen molar-refractivity contribution in [1.82, 2.24) is 0 Å². The van der Waals surface area contributed by atoms with E-state index in [-0.39, 0.29) is 0 Å². The molecule has 10 aromatic carbocycles. The summed E-state index contributed by atoms with van der Waals surface area (Å²) in [6.45, 7) is 0. The van der Waals surface area contributed by atoms with Crippen molar-refractivity contribution in [3.63, 3.8) is 0 Å². The molecule has 0 aliphatic heterocycles. The molecule has 1 aromatic heterocycles. The van der Waals surface area contributed by atoms with Crippen LogP contribution in [-0.4, -0.2) is 0 Å². The topological polar surface area (TPSA) is 16.4 Å². The van der Waals surface area contributed by atoms with E-state index in [1.807, 2.05) is 6.07 Å². The van der Waals surface area contributed by atoms with Crippen LogP contribution in [0.1, 0.15) is 22.3 Å². The summed E-state index contributed by atoms with van der Waals surface area (Å²) in [7, 11) is 0. The second-order valence-electron chi connectivity index (χ2n) is 16.4. The van der Waals surface area contributed by atoms with Crippen molar-refractivity contribution < 1.29 is 4.42 Å². The van der Waals surface area contributed by atoms with Crippen LogP contribution in [0.5, 0.6) is 0 Å². The molecule has 0 radical (unpaired) electrons. The molecule has 61 heavy (non-hydrogen) atoms. The highest BCUT2D eigenvalue weighted by Crippen LogP contribution is 2.64. The van der Waals surface area contributed by atoms with E-state index in [1.54, 1.807) is 0 Å². The van der Waals surface area contributed by atoms with Crippen molar-refractivity contribution in [2.24, 2.45) is 0 Å². The van der Waals surface area contributed by atoms with Crippen LogP contribution in [0.4, 0.5) is 17.1 Å². The monoisotopic (exact) mass is 775 g/mol. The minimum absolute atomic E-state index is 0.530. The predicted octanol–water partition coefficient (Wildman–Crippen LogP) is 15.9. The van der Waals surface area contributed by atoms with Crippen molar-refractivity contribution in [1.29, 1.82) is 0 Å². The van der Waals surface area contributed by atoms with Gasteiger partial charge in [0.25, 0.3) is 0 Å². The fraction of sp³-hybridized carbons (Fsp3) is 0.0169. The molecule has 0 saturated carbocycles. The third kappa shape index (κ3) is 4.85. The number of nitrogens with zero attached hydrogens (tertiary/aromatic N) is 1. The third-order valence-corrected chi connectivity index (χ3v) is 13.3. The number of hydrogen-bond acceptors (Lipinski definition) is 2. The normalized spacial score (nSPS) is 13.0. The molecule has 0 atom stereocenters. The van der Waals surface area contributed by atoms with E-state index >= 15 is 0 Å².